The Labute approximate surface area is 149 Å². The number of tetrazole rings is 1. The number of piperazine rings is 1. The Morgan fingerprint density at radius 2 is 1.92 bits per heavy atom. The van der Waals surface area contributed by atoms with Crippen molar-refractivity contribution in [2.45, 2.75) is 11.4 Å². The molecule has 2 aromatic heterocycles. The maximum atomic E-state index is 12.7. The minimum absolute atomic E-state index is 0.000404. The van der Waals surface area contributed by atoms with E-state index in [4.69, 9.17) is 5.73 Å². The van der Waals surface area contributed by atoms with E-state index in [-0.39, 0.29) is 49.2 Å². The van der Waals surface area contributed by atoms with E-state index in [0.29, 0.717) is 0 Å². The number of sulfonamides is 1. The van der Waals surface area contributed by atoms with Crippen LogP contribution in [0.4, 0.5) is 0 Å². The predicted octanol–water partition coefficient (Wildman–Crippen LogP) is -2.36. The van der Waals surface area contributed by atoms with Gasteiger partial charge in [-0.05, 0) is 16.5 Å². The van der Waals surface area contributed by atoms with Gasteiger partial charge in [0.2, 0.25) is 15.9 Å². The van der Waals surface area contributed by atoms with Crippen molar-refractivity contribution in [3.8, 4) is 0 Å². The second kappa shape index (κ2) is 6.84. The smallest absolute Gasteiger partial charge is 0.265 e. The molecule has 26 heavy (non-hydrogen) atoms. The molecule has 1 saturated heterocycles. The predicted molar refractivity (Wildman–Crippen MR) is 87.1 cm³/mol. The van der Waals surface area contributed by atoms with Gasteiger partial charge in [0.25, 0.3) is 5.91 Å². The Balaban J connectivity index is 1.66. The molecule has 1 fully saturated rings. The fourth-order valence-electron chi connectivity index (χ4n) is 2.74. The van der Waals surface area contributed by atoms with Gasteiger partial charge in [0, 0.05) is 39.4 Å². The van der Waals surface area contributed by atoms with E-state index in [9.17, 15) is 18.0 Å². The highest BCUT2D eigenvalue weighted by molar-refractivity contribution is 7.89. The zero-order valence-corrected chi connectivity index (χ0v) is 14.8. The molecule has 0 unspecified atom stereocenters. The third-order valence-electron chi connectivity index (χ3n) is 4.15. The minimum Gasteiger partial charge on any atom is -0.364 e. The second-order valence-corrected chi connectivity index (χ2v) is 7.77. The number of primary amides is 1. The number of rotatable bonds is 5. The first-order chi connectivity index (χ1) is 12.3. The first-order valence-corrected chi connectivity index (χ1v) is 9.18. The van der Waals surface area contributed by atoms with Gasteiger partial charge in [-0.3, -0.25) is 9.59 Å². The normalized spacial score (nSPS) is 16.0. The van der Waals surface area contributed by atoms with Gasteiger partial charge in [-0.15, -0.1) is 5.10 Å². The average molecular weight is 382 g/mol. The van der Waals surface area contributed by atoms with Crippen LogP contribution >= 0.6 is 0 Å². The molecule has 12 nitrogen and oxygen atoms in total. The summed E-state index contributed by atoms with van der Waals surface area (Å²) in [6.45, 7) is 0.834. The SMILES string of the molecule is Cn1cc(S(=O)(=O)N2CCN(C(=O)Cn3cnnn3)CC2)cc1C(N)=O. The molecule has 0 radical (unpaired) electrons. The summed E-state index contributed by atoms with van der Waals surface area (Å²) in [5.74, 6) is -0.892. The maximum Gasteiger partial charge on any atom is 0.265 e. The number of nitrogens with two attached hydrogens (primary N) is 1. The van der Waals surface area contributed by atoms with Crippen LogP contribution in [0.15, 0.2) is 23.5 Å². The Morgan fingerprint density at radius 1 is 1.23 bits per heavy atom. The molecule has 1 aliphatic rings. The quantitative estimate of drug-likeness (QED) is 0.608. The fourth-order valence-corrected chi connectivity index (χ4v) is 4.23. The third-order valence-corrected chi connectivity index (χ3v) is 6.01. The van der Waals surface area contributed by atoms with E-state index >= 15 is 0 Å². The molecule has 0 bridgehead atoms. The number of aromatic nitrogens is 5. The number of amides is 2. The number of nitrogens with zero attached hydrogens (tertiary/aromatic N) is 7. The summed E-state index contributed by atoms with van der Waals surface area (Å²) in [7, 11) is -2.22. The molecule has 0 aliphatic carbocycles. The van der Waals surface area contributed by atoms with Crippen molar-refractivity contribution in [2.24, 2.45) is 12.8 Å². The van der Waals surface area contributed by atoms with Gasteiger partial charge in [0.1, 0.15) is 23.5 Å². The first-order valence-electron chi connectivity index (χ1n) is 7.74. The summed E-state index contributed by atoms with van der Waals surface area (Å²) in [5, 5.41) is 10.5. The molecule has 0 spiro atoms. The summed E-state index contributed by atoms with van der Waals surface area (Å²) in [6, 6.07) is 1.26. The molecular formula is C13H18N8O4S. The lowest BCUT2D eigenvalue weighted by Crippen LogP contribution is -2.51. The number of carbonyl (C=O) groups is 2. The van der Waals surface area contributed by atoms with Crippen molar-refractivity contribution < 1.29 is 18.0 Å². The molecule has 0 atom stereocenters. The zero-order chi connectivity index (χ0) is 18.9. The largest absolute Gasteiger partial charge is 0.364 e. The topological polar surface area (TPSA) is 149 Å². The summed E-state index contributed by atoms with van der Waals surface area (Å²) in [5.41, 5.74) is 5.34. The highest BCUT2D eigenvalue weighted by Gasteiger charge is 2.31. The molecule has 3 rings (SSSR count). The van der Waals surface area contributed by atoms with Crippen LogP contribution in [0.5, 0.6) is 0 Å². The molecule has 140 valence electrons. The lowest BCUT2D eigenvalue weighted by Gasteiger charge is -2.33. The molecule has 0 saturated carbocycles. The standard InChI is InChI=1S/C13H18N8O4S/c1-18-7-10(6-11(18)13(14)23)26(24,25)21-4-2-19(3-5-21)12(22)8-20-9-15-16-17-20/h6-7,9H,2-5,8H2,1H3,(H2,14,23). The molecule has 2 aromatic rings. The fraction of sp³-hybridized carbons (Fsp3) is 0.462. The Bertz CT molecular complexity index is 912. The van der Waals surface area contributed by atoms with Gasteiger partial charge in [-0.2, -0.15) is 4.31 Å². The zero-order valence-electron chi connectivity index (χ0n) is 14.0. The van der Waals surface area contributed by atoms with E-state index in [2.05, 4.69) is 15.5 Å². The lowest BCUT2D eigenvalue weighted by atomic mass is 10.3. The van der Waals surface area contributed by atoms with Crippen LogP contribution in [-0.2, 0) is 28.4 Å². The van der Waals surface area contributed by atoms with Crippen LogP contribution in [0.25, 0.3) is 0 Å². The molecular weight excluding hydrogens is 364 g/mol. The van der Waals surface area contributed by atoms with Gasteiger partial charge in [0.15, 0.2) is 0 Å². The van der Waals surface area contributed by atoms with Crippen LogP contribution in [0.1, 0.15) is 10.5 Å². The molecule has 1 aliphatic heterocycles. The summed E-state index contributed by atoms with van der Waals surface area (Å²) >= 11 is 0. The number of aryl methyl sites for hydroxylation is 1. The van der Waals surface area contributed by atoms with Crippen molar-refractivity contribution in [2.75, 3.05) is 26.2 Å². The van der Waals surface area contributed by atoms with E-state index < -0.39 is 15.9 Å². The van der Waals surface area contributed by atoms with E-state index in [0.717, 1.165) is 0 Å². The van der Waals surface area contributed by atoms with Gasteiger partial charge in [0.05, 0.1) is 0 Å². The third kappa shape index (κ3) is 3.43. The van der Waals surface area contributed by atoms with E-state index in [1.54, 1.807) is 11.9 Å². The van der Waals surface area contributed by atoms with Crippen LogP contribution in [0.3, 0.4) is 0 Å². The van der Waals surface area contributed by atoms with Crippen LogP contribution in [0.2, 0.25) is 0 Å². The first kappa shape index (κ1) is 18.0. The highest BCUT2D eigenvalue weighted by atomic mass is 32.2. The van der Waals surface area contributed by atoms with Crippen molar-refractivity contribution in [3.63, 3.8) is 0 Å². The number of hydrogen-bond donors (Lipinski definition) is 1. The van der Waals surface area contributed by atoms with E-state index in [1.165, 1.54) is 32.1 Å². The van der Waals surface area contributed by atoms with Gasteiger partial charge < -0.3 is 15.2 Å². The summed E-state index contributed by atoms with van der Waals surface area (Å²) in [4.78, 5) is 25.1. The van der Waals surface area contributed by atoms with Gasteiger partial charge in [-0.25, -0.2) is 13.1 Å². The number of carbonyl (C=O) groups excluding carboxylic acids is 2. The maximum absolute atomic E-state index is 12.7. The van der Waals surface area contributed by atoms with Crippen molar-refractivity contribution >= 4 is 21.8 Å². The minimum atomic E-state index is -3.77. The van der Waals surface area contributed by atoms with Crippen molar-refractivity contribution in [3.05, 3.63) is 24.3 Å². The Kier molecular flexibility index (Phi) is 4.73. The Hall–Kier alpha value is -2.80. The van der Waals surface area contributed by atoms with Crippen LogP contribution in [0, 0.1) is 0 Å². The molecule has 13 heteroatoms. The number of hydrogen-bond acceptors (Lipinski definition) is 7. The van der Waals surface area contributed by atoms with E-state index in [1.807, 2.05) is 0 Å². The highest BCUT2D eigenvalue weighted by Crippen LogP contribution is 2.20. The van der Waals surface area contributed by atoms with Gasteiger partial charge >= 0.3 is 0 Å². The van der Waals surface area contributed by atoms with Gasteiger partial charge in [-0.1, -0.05) is 0 Å². The van der Waals surface area contributed by atoms with Crippen molar-refractivity contribution in [1.82, 2.24) is 34.0 Å². The summed E-state index contributed by atoms with van der Waals surface area (Å²) in [6.07, 6.45) is 2.69. The van der Waals surface area contributed by atoms with Crippen LogP contribution in [-0.4, -0.2) is 80.4 Å². The van der Waals surface area contributed by atoms with Crippen molar-refractivity contribution in [1.29, 1.82) is 0 Å². The molecule has 2 amide bonds. The second-order valence-electron chi connectivity index (χ2n) is 5.83. The van der Waals surface area contributed by atoms with Crippen LogP contribution < -0.4 is 5.73 Å². The monoisotopic (exact) mass is 382 g/mol. The molecule has 0 aromatic carbocycles. The average Bonchev–Trinajstić information content (AvgIpc) is 3.24. The molecule has 2 N–H and O–H groups in total. The summed E-state index contributed by atoms with van der Waals surface area (Å²) < 4.78 is 29.4. The Morgan fingerprint density at radius 3 is 2.46 bits per heavy atom. The lowest BCUT2D eigenvalue weighted by molar-refractivity contribution is -0.133. The molecule has 3 heterocycles.